The second kappa shape index (κ2) is 16.7. The summed E-state index contributed by atoms with van der Waals surface area (Å²) in [4.78, 5) is 26.9. The number of nitrogens with zero attached hydrogens (tertiary/aromatic N) is 4. The number of rotatable bonds is 11. The number of allylic oxidation sites excluding steroid dienone is 4. The van der Waals surface area contributed by atoms with Crippen molar-refractivity contribution in [3.05, 3.63) is 96.6 Å². The van der Waals surface area contributed by atoms with Crippen molar-refractivity contribution < 1.29 is 21.9 Å². The first-order valence-corrected chi connectivity index (χ1v) is 12.8. The minimum absolute atomic E-state index is 0. The Morgan fingerprint density at radius 1 is 1.16 bits per heavy atom. The Bertz CT molecular complexity index is 1070. The van der Waals surface area contributed by atoms with Crippen LogP contribution in [0, 0.1) is 6.08 Å². The summed E-state index contributed by atoms with van der Waals surface area (Å²) in [5.41, 5.74) is 9.34. The van der Waals surface area contributed by atoms with E-state index in [1.807, 2.05) is 66.9 Å². The number of benzene rings is 1. The average molecular weight is 541 g/mol. The second-order valence-corrected chi connectivity index (χ2v) is 9.03. The van der Waals surface area contributed by atoms with Crippen LogP contribution in [-0.4, -0.2) is 45.5 Å². The summed E-state index contributed by atoms with van der Waals surface area (Å²) >= 11 is 0. The van der Waals surface area contributed by atoms with Crippen molar-refractivity contribution in [3.8, 4) is 0 Å². The number of ketones is 1. The topological polar surface area (TPSA) is 74.8 Å². The number of pyridine rings is 1. The maximum atomic E-state index is 12.9. The molecule has 0 amide bonds. The zero-order valence-corrected chi connectivity index (χ0v) is 23.0. The van der Waals surface area contributed by atoms with E-state index in [2.05, 4.69) is 34.7 Å². The normalized spacial score (nSPS) is 17.5. The molecular formula is C30H38FeN5O-. The fourth-order valence-corrected chi connectivity index (χ4v) is 4.37. The molecule has 1 atom stereocenters. The molecule has 0 aliphatic carbocycles. The maximum Gasteiger partial charge on any atom is 0.133 e. The van der Waals surface area contributed by atoms with E-state index in [9.17, 15) is 4.79 Å². The van der Waals surface area contributed by atoms with Crippen molar-refractivity contribution in [2.75, 3.05) is 13.1 Å². The van der Waals surface area contributed by atoms with Crippen molar-refractivity contribution >= 4 is 17.2 Å². The Morgan fingerprint density at radius 2 is 1.95 bits per heavy atom. The summed E-state index contributed by atoms with van der Waals surface area (Å²) in [5.74, 6) is 0.154. The number of aromatic nitrogens is 1. The Labute approximate surface area is 232 Å². The number of aliphatic imine (C=N–C) groups is 1. The third kappa shape index (κ3) is 10.1. The quantitative estimate of drug-likeness (QED) is 0.133. The first kappa shape index (κ1) is 30.2. The van der Waals surface area contributed by atoms with E-state index in [1.54, 1.807) is 6.08 Å². The van der Waals surface area contributed by atoms with Gasteiger partial charge in [-0.2, -0.15) is 6.08 Å². The van der Waals surface area contributed by atoms with E-state index in [0.29, 0.717) is 19.6 Å². The number of carbonyl (C=O) groups is 1. The fourth-order valence-electron chi connectivity index (χ4n) is 4.37. The van der Waals surface area contributed by atoms with Crippen molar-refractivity contribution in [1.29, 1.82) is 0 Å². The van der Waals surface area contributed by atoms with E-state index < -0.39 is 0 Å². The Kier molecular flexibility index (Phi) is 13.6. The molecule has 3 rings (SSSR count). The first-order valence-electron chi connectivity index (χ1n) is 12.8. The summed E-state index contributed by atoms with van der Waals surface area (Å²) in [6, 6.07) is 15.9. The van der Waals surface area contributed by atoms with Gasteiger partial charge in [0.25, 0.3) is 0 Å². The summed E-state index contributed by atoms with van der Waals surface area (Å²) in [5, 5.41) is 0. The van der Waals surface area contributed by atoms with Crippen molar-refractivity contribution in [2.24, 2.45) is 10.7 Å². The molecule has 2 N–H and O–H groups in total. The molecule has 1 aromatic heterocycles. The number of nitrogens with two attached hydrogens (primary N) is 1. The van der Waals surface area contributed by atoms with Gasteiger partial charge in [0, 0.05) is 35.5 Å². The number of hydrogen-bond acceptors (Lipinski definition) is 6. The van der Waals surface area contributed by atoms with Gasteiger partial charge in [-0.05, 0) is 50.2 Å². The smallest absolute Gasteiger partial charge is 0.133 e. The van der Waals surface area contributed by atoms with Gasteiger partial charge in [0.1, 0.15) is 5.78 Å². The van der Waals surface area contributed by atoms with Crippen LogP contribution in [0.4, 0.5) is 5.69 Å². The molecule has 1 aliphatic rings. The summed E-state index contributed by atoms with van der Waals surface area (Å²) in [6.07, 6.45) is 16.9. The predicted molar refractivity (Wildman–Crippen MR) is 147 cm³/mol. The molecule has 0 saturated carbocycles. The van der Waals surface area contributed by atoms with Gasteiger partial charge in [-0.3, -0.25) is 19.7 Å². The molecule has 1 aromatic carbocycles. The molecule has 37 heavy (non-hydrogen) atoms. The predicted octanol–water partition coefficient (Wildman–Crippen LogP) is 5.57. The first-order chi connectivity index (χ1) is 17.6. The van der Waals surface area contributed by atoms with Crippen LogP contribution in [0.25, 0.3) is 0 Å². The maximum absolute atomic E-state index is 12.9. The van der Waals surface area contributed by atoms with Crippen LogP contribution in [0.1, 0.15) is 51.6 Å². The molecule has 0 fully saturated rings. The van der Waals surface area contributed by atoms with E-state index in [0.717, 1.165) is 48.5 Å². The molecule has 2 heterocycles. The number of Topliss-reactive ketones (excluding diaryl/α,β-unsaturated/α-hetero) is 1. The third-order valence-electron chi connectivity index (χ3n) is 6.05. The van der Waals surface area contributed by atoms with Crippen molar-refractivity contribution in [1.82, 2.24) is 14.8 Å². The Balaban J connectivity index is 0.00000481. The van der Waals surface area contributed by atoms with Crippen LogP contribution >= 0.6 is 0 Å². The molecule has 2 aromatic rings. The van der Waals surface area contributed by atoms with Crippen LogP contribution in [0.2, 0.25) is 0 Å². The monoisotopic (exact) mass is 540 g/mol. The molecule has 1 unspecified atom stereocenters. The fraction of sp³-hybridized carbons (Fsp3) is 0.367. The summed E-state index contributed by atoms with van der Waals surface area (Å²) in [6.45, 7) is 5.87. The van der Waals surface area contributed by atoms with Gasteiger partial charge < -0.3 is 10.6 Å². The van der Waals surface area contributed by atoms with Crippen LogP contribution in [0.3, 0.4) is 0 Å². The molecule has 198 valence electrons. The van der Waals surface area contributed by atoms with Crippen LogP contribution in [0.5, 0.6) is 0 Å². The largest absolute Gasteiger partial charge is 0.405 e. The number of carbonyl (C=O) groups excluding carboxylic acids is 1. The minimum atomic E-state index is -0.00210. The van der Waals surface area contributed by atoms with Gasteiger partial charge in [-0.25, -0.2) is 6.08 Å². The number of hydrogen-bond donors (Lipinski definition) is 1. The summed E-state index contributed by atoms with van der Waals surface area (Å²) < 4.78 is 0. The second-order valence-electron chi connectivity index (χ2n) is 9.03. The molecular weight excluding hydrogens is 502 g/mol. The molecule has 0 bridgehead atoms. The van der Waals surface area contributed by atoms with Crippen LogP contribution in [-0.2, 0) is 28.4 Å². The van der Waals surface area contributed by atoms with Gasteiger partial charge in [0.15, 0.2) is 0 Å². The van der Waals surface area contributed by atoms with Crippen molar-refractivity contribution in [3.63, 3.8) is 0 Å². The standard InChI is InChI=1S/C30H38N5O.Fe/c1-3-4-6-17-30-34(23-27-15-10-12-21-32-27)24-29(36)19-18-28(16-9-11-20-31)35(30)22-25(2)33-26-13-7-5-8-14-26;/h5,7-16,20-21,30H,3-4,6,17,19,22-24,31H2,1-2H3;/q-1;/b16-9-,20-11-,33-25?;. The molecule has 7 heteroatoms. The molecule has 1 aliphatic heterocycles. The SMILES string of the molecule is CCCCCC1N(Cc2ccccn2)CC(=O)C[C-]=C(/C=C\C=C/N)N1CC(C)=Nc1ccccc1.[Fe]. The average Bonchev–Trinajstić information content (AvgIpc) is 2.88. The summed E-state index contributed by atoms with van der Waals surface area (Å²) in [7, 11) is 0. The Hall–Kier alpha value is -2.99. The van der Waals surface area contributed by atoms with Gasteiger partial charge in [-0.1, -0.05) is 56.5 Å². The van der Waals surface area contributed by atoms with E-state index in [1.165, 1.54) is 6.20 Å². The van der Waals surface area contributed by atoms with Crippen LogP contribution < -0.4 is 5.73 Å². The van der Waals surface area contributed by atoms with E-state index in [-0.39, 0.29) is 35.4 Å². The molecule has 6 nitrogen and oxygen atoms in total. The van der Waals surface area contributed by atoms with E-state index in [4.69, 9.17) is 10.7 Å². The minimum Gasteiger partial charge on any atom is -0.405 e. The zero-order valence-electron chi connectivity index (χ0n) is 21.9. The van der Waals surface area contributed by atoms with E-state index >= 15 is 0 Å². The third-order valence-corrected chi connectivity index (χ3v) is 6.05. The number of unbranched alkanes of at least 4 members (excludes halogenated alkanes) is 2. The molecule has 0 spiro atoms. The van der Waals surface area contributed by atoms with Gasteiger partial charge in [0.2, 0.25) is 0 Å². The van der Waals surface area contributed by atoms with Gasteiger partial charge in [-0.15, -0.1) is 11.8 Å². The zero-order chi connectivity index (χ0) is 25.6. The molecule has 0 saturated heterocycles. The van der Waals surface area contributed by atoms with Gasteiger partial charge in [0.05, 0.1) is 30.6 Å². The number of para-hydroxylation sites is 1. The Morgan fingerprint density at radius 3 is 2.65 bits per heavy atom. The van der Waals surface area contributed by atoms with Crippen LogP contribution in [0.15, 0.2) is 89.8 Å². The van der Waals surface area contributed by atoms with Gasteiger partial charge >= 0.3 is 0 Å². The molecule has 0 radical (unpaired) electrons. The van der Waals surface area contributed by atoms with Crippen molar-refractivity contribution in [2.45, 2.75) is 58.7 Å².